The summed E-state index contributed by atoms with van der Waals surface area (Å²) in [5.41, 5.74) is 0.348. The van der Waals surface area contributed by atoms with Crippen molar-refractivity contribution in [2.45, 2.75) is 66.0 Å². The Morgan fingerprint density at radius 1 is 1.42 bits per heavy atom. The van der Waals surface area contributed by atoms with Gasteiger partial charge in [-0.3, -0.25) is 0 Å². The average Bonchev–Trinajstić information content (AvgIpc) is 2.32. The predicted molar refractivity (Wildman–Crippen MR) is 82.4 cm³/mol. The van der Waals surface area contributed by atoms with E-state index in [1.807, 2.05) is 0 Å². The molecule has 1 aliphatic rings. The van der Waals surface area contributed by atoms with Gasteiger partial charge in [0, 0.05) is 32.2 Å². The molecular formula is C16H34N2O. The molecule has 3 heteroatoms. The fraction of sp³-hybridized carbons (Fsp3) is 1.00. The van der Waals surface area contributed by atoms with Crippen molar-refractivity contribution in [2.24, 2.45) is 11.3 Å². The van der Waals surface area contributed by atoms with Crippen LogP contribution >= 0.6 is 0 Å². The van der Waals surface area contributed by atoms with Crippen LogP contribution in [-0.4, -0.2) is 48.3 Å². The van der Waals surface area contributed by atoms with Crippen LogP contribution in [0.25, 0.3) is 0 Å². The average molecular weight is 270 g/mol. The molecule has 0 saturated carbocycles. The summed E-state index contributed by atoms with van der Waals surface area (Å²) in [6.45, 7) is 15.6. The first-order chi connectivity index (χ1) is 8.86. The molecule has 0 spiro atoms. The van der Waals surface area contributed by atoms with E-state index in [9.17, 15) is 5.11 Å². The highest BCUT2D eigenvalue weighted by Crippen LogP contribution is 2.27. The van der Waals surface area contributed by atoms with Crippen LogP contribution in [0, 0.1) is 11.3 Å². The molecule has 1 saturated heterocycles. The van der Waals surface area contributed by atoms with Gasteiger partial charge in [0.15, 0.2) is 0 Å². The molecular weight excluding hydrogens is 236 g/mol. The van der Waals surface area contributed by atoms with Crippen LogP contribution in [0.5, 0.6) is 0 Å². The van der Waals surface area contributed by atoms with Gasteiger partial charge in [-0.1, -0.05) is 41.0 Å². The molecule has 0 radical (unpaired) electrons. The van der Waals surface area contributed by atoms with Crippen LogP contribution in [0.4, 0.5) is 0 Å². The van der Waals surface area contributed by atoms with E-state index >= 15 is 0 Å². The third-order valence-electron chi connectivity index (χ3n) is 4.34. The fourth-order valence-electron chi connectivity index (χ4n) is 3.18. The minimum atomic E-state index is -0.0949. The number of rotatable bonds is 7. The van der Waals surface area contributed by atoms with Crippen molar-refractivity contribution in [2.75, 3.05) is 26.2 Å². The van der Waals surface area contributed by atoms with Gasteiger partial charge in [-0.15, -0.1) is 0 Å². The highest BCUT2D eigenvalue weighted by molar-refractivity contribution is 4.85. The summed E-state index contributed by atoms with van der Waals surface area (Å²) in [4.78, 5) is 2.55. The zero-order valence-corrected chi connectivity index (χ0v) is 13.6. The van der Waals surface area contributed by atoms with E-state index in [0.717, 1.165) is 32.6 Å². The molecule has 2 N–H and O–H groups in total. The topological polar surface area (TPSA) is 35.5 Å². The normalized spacial score (nSPS) is 28.6. The van der Waals surface area contributed by atoms with Gasteiger partial charge in [0.05, 0.1) is 6.10 Å². The van der Waals surface area contributed by atoms with Crippen molar-refractivity contribution < 1.29 is 5.11 Å². The molecule has 3 atom stereocenters. The molecule has 0 aliphatic carbocycles. The first-order valence-corrected chi connectivity index (χ1v) is 8.00. The highest BCUT2D eigenvalue weighted by Gasteiger charge is 2.30. The van der Waals surface area contributed by atoms with Gasteiger partial charge in [-0.2, -0.15) is 0 Å². The lowest BCUT2D eigenvalue weighted by atomic mass is 9.83. The monoisotopic (exact) mass is 270 g/mol. The summed E-state index contributed by atoms with van der Waals surface area (Å²) >= 11 is 0. The first kappa shape index (κ1) is 16.9. The summed E-state index contributed by atoms with van der Waals surface area (Å²) in [7, 11) is 0. The van der Waals surface area contributed by atoms with Gasteiger partial charge < -0.3 is 15.3 Å². The quantitative estimate of drug-likeness (QED) is 0.746. The number of hydrogen-bond acceptors (Lipinski definition) is 3. The number of nitrogens with one attached hydrogen (secondary N) is 1. The molecule has 1 aliphatic heterocycles. The second-order valence-electron chi connectivity index (χ2n) is 7.16. The van der Waals surface area contributed by atoms with E-state index < -0.39 is 0 Å². The Morgan fingerprint density at radius 2 is 2.11 bits per heavy atom. The number of likely N-dealkylation sites (tertiary alicyclic amines) is 1. The Balaban J connectivity index is 2.52. The lowest BCUT2D eigenvalue weighted by Gasteiger charge is -2.41. The molecule has 19 heavy (non-hydrogen) atoms. The maximum absolute atomic E-state index is 9.83. The number of aliphatic hydroxyl groups is 1. The van der Waals surface area contributed by atoms with E-state index in [1.54, 1.807) is 0 Å². The van der Waals surface area contributed by atoms with Gasteiger partial charge in [0.2, 0.25) is 0 Å². The molecule has 0 bridgehead atoms. The Hall–Kier alpha value is -0.120. The fourth-order valence-corrected chi connectivity index (χ4v) is 3.18. The van der Waals surface area contributed by atoms with Crippen LogP contribution in [0.3, 0.4) is 0 Å². The van der Waals surface area contributed by atoms with E-state index in [-0.39, 0.29) is 6.10 Å². The van der Waals surface area contributed by atoms with Gasteiger partial charge in [0.1, 0.15) is 0 Å². The maximum Gasteiger partial charge on any atom is 0.0590 e. The van der Waals surface area contributed by atoms with Crippen molar-refractivity contribution in [3.8, 4) is 0 Å². The van der Waals surface area contributed by atoms with Crippen molar-refractivity contribution in [3.05, 3.63) is 0 Å². The standard InChI is InChI=1S/C16H34N2O/c1-6-8-16(5,11-17-13(2)3)12-18-9-7-15(19)14(4)10-18/h13-15,17,19H,6-12H2,1-5H3. The van der Waals surface area contributed by atoms with Crippen LogP contribution in [-0.2, 0) is 0 Å². The zero-order valence-electron chi connectivity index (χ0n) is 13.6. The Labute approximate surface area is 119 Å². The smallest absolute Gasteiger partial charge is 0.0590 e. The molecule has 114 valence electrons. The van der Waals surface area contributed by atoms with Crippen LogP contribution in [0.2, 0.25) is 0 Å². The van der Waals surface area contributed by atoms with E-state index in [4.69, 9.17) is 0 Å². The molecule has 1 heterocycles. The number of aliphatic hydroxyl groups excluding tert-OH is 1. The maximum atomic E-state index is 9.83. The van der Waals surface area contributed by atoms with Crippen LogP contribution < -0.4 is 5.32 Å². The molecule has 1 fully saturated rings. The predicted octanol–water partition coefficient (Wildman–Crippen LogP) is 2.49. The zero-order chi connectivity index (χ0) is 14.5. The van der Waals surface area contributed by atoms with Crippen LogP contribution in [0.15, 0.2) is 0 Å². The highest BCUT2D eigenvalue weighted by atomic mass is 16.3. The lowest BCUT2D eigenvalue weighted by molar-refractivity contribution is 0.0169. The molecule has 0 amide bonds. The summed E-state index contributed by atoms with van der Waals surface area (Å²) in [6.07, 6.45) is 3.34. The molecule has 0 aromatic heterocycles. The summed E-state index contributed by atoms with van der Waals surface area (Å²) in [5.74, 6) is 0.415. The third-order valence-corrected chi connectivity index (χ3v) is 4.34. The number of nitrogens with zero attached hydrogens (tertiary/aromatic N) is 1. The molecule has 0 aromatic carbocycles. The SMILES string of the molecule is CCCC(C)(CNC(C)C)CN1CCC(O)C(C)C1. The summed E-state index contributed by atoms with van der Waals surface area (Å²) in [6, 6.07) is 0.554. The van der Waals surface area contributed by atoms with Gasteiger partial charge in [-0.05, 0) is 24.2 Å². The minimum absolute atomic E-state index is 0.0949. The summed E-state index contributed by atoms with van der Waals surface area (Å²) in [5, 5.41) is 13.4. The summed E-state index contributed by atoms with van der Waals surface area (Å²) < 4.78 is 0. The number of piperidine rings is 1. The van der Waals surface area contributed by atoms with Crippen molar-refractivity contribution >= 4 is 0 Å². The molecule has 1 rings (SSSR count). The van der Waals surface area contributed by atoms with Crippen molar-refractivity contribution in [1.82, 2.24) is 10.2 Å². The molecule has 3 unspecified atom stereocenters. The second-order valence-corrected chi connectivity index (χ2v) is 7.16. The van der Waals surface area contributed by atoms with Crippen LogP contribution in [0.1, 0.15) is 53.9 Å². The Morgan fingerprint density at radius 3 is 2.63 bits per heavy atom. The van der Waals surface area contributed by atoms with E-state index in [2.05, 4.69) is 44.8 Å². The van der Waals surface area contributed by atoms with Crippen molar-refractivity contribution in [1.29, 1.82) is 0 Å². The third kappa shape index (κ3) is 5.80. The minimum Gasteiger partial charge on any atom is -0.393 e. The Kier molecular flexibility index (Phi) is 6.78. The van der Waals surface area contributed by atoms with Crippen molar-refractivity contribution in [3.63, 3.8) is 0 Å². The first-order valence-electron chi connectivity index (χ1n) is 8.00. The van der Waals surface area contributed by atoms with Gasteiger partial charge in [0.25, 0.3) is 0 Å². The number of hydrogen-bond donors (Lipinski definition) is 2. The molecule has 3 nitrogen and oxygen atoms in total. The van der Waals surface area contributed by atoms with E-state index in [0.29, 0.717) is 17.4 Å². The largest absolute Gasteiger partial charge is 0.393 e. The van der Waals surface area contributed by atoms with E-state index in [1.165, 1.54) is 12.8 Å². The second kappa shape index (κ2) is 7.61. The molecule has 0 aromatic rings. The van der Waals surface area contributed by atoms with Gasteiger partial charge in [-0.25, -0.2) is 0 Å². The Bertz CT molecular complexity index is 257. The van der Waals surface area contributed by atoms with Gasteiger partial charge >= 0.3 is 0 Å². The lowest BCUT2D eigenvalue weighted by Crippen LogP contribution is -2.49.